The molecule has 3 N–H and O–H groups in total. The van der Waals surface area contributed by atoms with E-state index in [2.05, 4.69) is 27.7 Å². The zero-order chi connectivity index (χ0) is 24.0. The van der Waals surface area contributed by atoms with Gasteiger partial charge in [-0.1, -0.05) is 57.1 Å². The Morgan fingerprint density at radius 3 is 2.29 bits per heavy atom. The monoisotopic (exact) mass is 471 g/mol. The topological polar surface area (TPSA) is 65.9 Å². The van der Waals surface area contributed by atoms with Gasteiger partial charge < -0.3 is 15.5 Å². The van der Waals surface area contributed by atoms with Crippen LogP contribution in [0.15, 0.2) is 24.3 Å². The molecular weight excluding hydrogens is 424 g/mol. The summed E-state index contributed by atoms with van der Waals surface area (Å²) >= 11 is 0. The molecule has 2 bridgehead atoms. The Hall–Kier alpha value is -1.92. The highest BCUT2D eigenvalue weighted by atomic mass is 16.2. The van der Waals surface area contributed by atoms with Crippen molar-refractivity contribution < 1.29 is 14.5 Å². The highest BCUT2D eigenvalue weighted by Gasteiger charge is 2.35. The van der Waals surface area contributed by atoms with Gasteiger partial charge in [0, 0.05) is 50.1 Å². The zero-order valence-corrected chi connectivity index (χ0v) is 21.4. The fraction of sp³-hybridized carbons (Fsp3) is 0.714. The Balaban J connectivity index is 1.17. The van der Waals surface area contributed by atoms with Crippen molar-refractivity contribution in [2.45, 2.75) is 90.1 Å². The summed E-state index contributed by atoms with van der Waals surface area (Å²) in [6.07, 6.45) is 12.7. The molecule has 3 unspecified atom stereocenters. The van der Waals surface area contributed by atoms with Crippen LogP contribution in [0.5, 0.6) is 0 Å². The first-order valence-corrected chi connectivity index (χ1v) is 13.9. The SMILES string of the molecule is CCNC(=O)CCCCCCCCCCCNC(=O)c1ccc(C[NH+]2CCN3CCC2C3)cc1. The van der Waals surface area contributed by atoms with Gasteiger partial charge in [-0.3, -0.25) is 14.5 Å². The van der Waals surface area contributed by atoms with Crippen LogP contribution < -0.4 is 15.5 Å². The van der Waals surface area contributed by atoms with Gasteiger partial charge in [-0.25, -0.2) is 0 Å². The van der Waals surface area contributed by atoms with E-state index < -0.39 is 0 Å². The van der Waals surface area contributed by atoms with Crippen molar-refractivity contribution in [3.05, 3.63) is 35.4 Å². The molecule has 6 heteroatoms. The molecule has 2 saturated heterocycles. The van der Waals surface area contributed by atoms with Crippen molar-refractivity contribution in [2.75, 3.05) is 39.3 Å². The minimum Gasteiger partial charge on any atom is -0.356 e. The smallest absolute Gasteiger partial charge is 0.251 e. The van der Waals surface area contributed by atoms with Crippen molar-refractivity contribution in [3.8, 4) is 0 Å². The van der Waals surface area contributed by atoms with Crippen LogP contribution >= 0.6 is 0 Å². The lowest BCUT2D eigenvalue weighted by molar-refractivity contribution is -0.940. The Morgan fingerprint density at radius 2 is 1.59 bits per heavy atom. The van der Waals surface area contributed by atoms with Crippen LogP contribution in [0.25, 0.3) is 0 Å². The number of quaternary nitrogens is 1. The van der Waals surface area contributed by atoms with Gasteiger partial charge in [0.1, 0.15) is 12.6 Å². The summed E-state index contributed by atoms with van der Waals surface area (Å²) in [6, 6.07) is 9.06. The molecule has 0 spiro atoms. The van der Waals surface area contributed by atoms with E-state index in [1.54, 1.807) is 4.90 Å². The average molecular weight is 472 g/mol. The van der Waals surface area contributed by atoms with Crippen LogP contribution in [-0.4, -0.2) is 62.0 Å². The first-order valence-electron chi connectivity index (χ1n) is 13.9. The normalized spacial score (nSPS) is 21.4. The number of hydrogen-bond acceptors (Lipinski definition) is 3. The number of piperazine rings is 1. The lowest BCUT2D eigenvalue weighted by Gasteiger charge is -2.31. The average Bonchev–Trinajstić information content (AvgIpc) is 3.24. The predicted molar refractivity (Wildman–Crippen MR) is 138 cm³/mol. The molecule has 2 heterocycles. The number of amides is 2. The van der Waals surface area contributed by atoms with Crippen LogP contribution in [0.4, 0.5) is 0 Å². The molecule has 0 aromatic heterocycles. The van der Waals surface area contributed by atoms with Crippen LogP contribution in [0.3, 0.4) is 0 Å². The fourth-order valence-corrected chi connectivity index (χ4v) is 5.38. The summed E-state index contributed by atoms with van der Waals surface area (Å²) in [5, 5.41) is 5.93. The number of unbranched alkanes of at least 4 members (excludes halogenated alkanes) is 8. The Kier molecular flexibility index (Phi) is 11.9. The molecule has 6 nitrogen and oxygen atoms in total. The second-order valence-electron chi connectivity index (χ2n) is 10.2. The van der Waals surface area contributed by atoms with Gasteiger partial charge in [-0.2, -0.15) is 0 Å². The van der Waals surface area contributed by atoms with Gasteiger partial charge in [-0.15, -0.1) is 0 Å². The number of fused-ring (bicyclic) bond motifs is 2. The molecule has 0 aliphatic carbocycles. The summed E-state index contributed by atoms with van der Waals surface area (Å²) in [5.41, 5.74) is 2.12. The van der Waals surface area contributed by atoms with Crippen molar-refractivity contribution >= 4 is 11.8 Å². The lowest BCUT2D eigenvalue weighted by atomic mass is 10.1. The third-order valence-electron chi connectivity index (χ3n) is 7.49. The maximum absolute atomic E-state index is 12.4. The van der Waals surface area contributed by atoms with Crippen LogP contribution in [0, 0.1) is 0 Å². The molecule has 3 rings (SSSR count). The number of benzene rings is 1. The molecular formula is C28H47N4O2+. The molecule has 34 heavy (non-hydrogen) atoms. The van der Waals surface area contributed by atoms with Gasteiger partial charge in [0.15, 0.2) is 0 Å². The number of carbonyl (C=O) groups is 2. The van der Waals surface area contributed by atoms with Gasteiger partial charge in [0.2, 0.25) is 5.91 Å². The van der Waals surface area contributed by atoms with E-state index in [9.17, 15) is 9.59 Å². The molecule has 3 atom stereocenters. The molecule has 2 aliphatic rings. The van der Waals surface area contributed by atoms with Crippen molar-refractivity contribution in [1.29, 1.82) is 0 Å². The summed E-state index contributed by atoms with van der Waals surface area (Å²) in [7, 11) is 0. The highest BCUT2D eigenvalue weighted by molar-refractivity contribution is 5.94. The maximum Gasteiger partial charge on any atom is 0.251 e. The molecule has 2 fully saturated rings. The number of nitrogens with one attached hydrogen (secondary N) is 3. The standard InChI is InChI=1S/C28H46N4O2/c1-2-29-27(33)12-10-8-6-4-3-5-7-9-11-18-30-28(34)25-15-13-24(14-16-25)22-32-21-20-31-19-17-26(32)23-31/h13-16,26H,2-12,17-23H2,1H3,(H,29,33)(H,30,34)/p+1. The highest BCUT2D eigenvalue weighted by Crippen LogP contribution is 2.12. The predicted octanol–water partition coefficient (Wildman–Crippen LogP) is 2.93. The first kappa shape index (κ1) is 26.7. The largest absolute Gasteiger partial charge is 0.356 e. The molecule has 0 radical (unpaired) electrons. The molecule has 2 amide bonds. The molecule has 1 aromatic carbocycles. The summed E-state index contributed by atoms with van der Waals surface area (Å²) in [6.45, 7) is 9.54. The number of rotatable bonds is 16. The minimum absolute atomic E-state index is 0.0518. The quantitative estimate of drug-likeness (QED) is 0.325. The van der Waals surface area contributed by atoms with Crippen LogP contribution in [-0.2, 0) is 11.3 Å². The van der Waals surface area contributed by atoms with Gasteiger partial charge in [0.05, 0.1) is 13.1 Å². The minimum atomic E-state index is 0.0518. The summed E-state index contributed by atoms with van der Waals surface area (Å²) < 4.78 is 0. The number of carbonyl (C=O) groups excluding carboxylic acids is 2. The third kappa shape index (κ3) is 9.38. The molecule has 1 aromatic rings. The van der Waals surface area contributed by atoms with Gasteiger partial charge in [-0.05, 0) is 31.9 Å². The number of nitrogens with zero attached hydrogens (tertiary/aromatic N) is 1. The zero-order valence-electron chi connectivity index (χ0n) is 21.4. The first-order chi connectivity index (χ1) is 16.7. The molecule has 0 saturated carbocycles. The van der Waals surface area contributed by atoms with Crippen molar-refractivity contribution in [3.63, 3.8) is 0 Å². The van der Waals surface area contributed by atoms with E-state index in [-0.39, 0.29) is 11.8 Å². The van der Waals surface area contributed by atoms with E-state index in [1.165, 1.54) is 76.7 Å². The van der Waals surface area contributed by atoms with E-state index in [0.29, 0.717) is 6.42 Å². The lowest BCUT2D eigenvalue weighted by Crippen LogP contribution is -3.16. The van der Waals surface area contributed by atoms with E-state index >= 15 is 0 Å². The number of hydrogen-bond donors (Lipinski definition) is 3. The Bertz CT molecular complexity index is 736. The van der Waals surface area contributed by atoms with E-state index in [0.717, 1.165) is 50.5 Å². The van der Waals surface area contributed by atoms with Crippen molar-refractivity contribution in [2.24, 2.45) is 0 Å². The Labute approximate surface area is 206 Å². The molecule has 2 aliphatic heterocycles. The van der Waals surface area contributed by atoms with E-state index in [1.807, 2.05) is 19.1 Å². The third-order valence-corrected chi connectivity index (χ3v) is 7.49. The fourth-order valence-electron chi connectivity index (χ4n) is 5.38. The summed E-state index contributed by atoms with van der Waals surface area (Å²) in [5.74, 6) is 0.237. The second kappa shape index (κ2) is 15.2. The van der Waals surface area contributed by atoms with E-state index in [4.69, 9.17) is 0 Å². The second-order valence-corrected chi connectivity index (χ2v) is 10.2. The van der Waals surface area contributed by atoms with Crippen LogP contribution in [0.2, 0.25) is 0 Å². The van der Waals surface area contributed by atoms with Gasteiger partial charge in [0.25, 0.3) is 5.91 Å². The maximum atomic E-state index is 12.4. The van der Waals surface area contributed by atoms with Crippen LogP contribution in [0.1, 0.15) is 93.5 Å². The van der Waals surface area contributed by atoms with Crippen molar-refractivity contribution in [1.82, 2.24) is 15.5 Å². The van der Waals surface area contributed by atoms with Gasteiger partial charge >= 0.3 is 0 Å². The Morgan fingerprint density at radius 1 is 0.912 bits per heavy atom. The summed E-state index contributed by atoms with van der Waals surface area (Å²) in [4.78, 5) is 28.1. The molecule has 190 valence electrons.